The van der Waals surface area contributed by atoms with Gasteiger partial charge in [0, 0.05) is 19.2 Å². The van der Waals surface area contributed by atoms with E-state index < -0.39 is 0 Å². The summed E-state index contributed by atoms with van der Waals surface area (Å²) in [5.41, 5.74) is 8.02. The van der Waals surface area contributed by atoms with Crippen LogP contribution in [-0.2, 0) is 7.05 Å². The van der Waals surface area contributed by atoms with Crippen LogP contribution in [0.1, 0.15) is 12.8 Å². The van der Waals surface area contributed by atoms with Gasteiger partial charge in [-0.15, -0.1) is 0 Å². The topological polar surface area (TPSA) is 56.3 Å². The zero-order chi connectivity index (χ0) is 14.8. The van der Waals surface area contributed by atoms with E-state index in [1.165, 1.54) is 13.0 Å². The molecule has 1 aromatic heterocycles. The van der Waals surface area contributed by atoms with Crippen molar-refractivity contribution in [3.8, 4) is 16.9 Å². The Morgan fingerprint density at radius 2 is 2.00 bits per heavy atom. The fourth-order valence-electron chi connectivity index (χ4n) is 2.79. The van der Waals surface area contributed by atoms with Crippen LogP contribution in [-0.4, -0.2) is 40.9 Å². The lowest BCUT2D eigenvalue weighted by Gasteiger charge is -2.30. The molecule has 0 aliphatic carbocycles. The molecular formula is C16H22N4O. The van der Waals surface area contributed by atoms with Crippen molar-refractivity contribution in [1.29, 1.82) is 0 Å². The predicted octanol–water partition coefficient (Wildman–Crippen LogP) is 2.14. The zero-order valence-corrected chi connectivity index (χ0v) is 12.6. The average molecular weight is 286 g/mol. The van der Waals surface area contributed by atoms with Crippen LogP contribution in [0.2, 0.25) is 0 Å². The number of nitrogens with two attached hydrogens (primary N) is 1. The maximum absolute atomic E-state index is 6.06. The molecule has 1 unspecified atom stereocenters. The highest BCUT2D eigenvalue weighted by atomic mass is 16.5. The van der Waals surface area contributed by atoms with Crippen LogP contribution in [0.3, 0.4) is 0 Å². The Kier molecular flexibility index (Phi) is 3.84. The predicted molar refractivity (Wildman–Crippen MR) is 84.2 cm³/mol. The van der Waals surface area contributed by atoms with Crippen LogP contribution in [0, 0.1) is 0 Å². The molecule has 5 nitrogen and oxygen atoms in total. The minimum Gasteiger partial charge on any atom is -0.489 e. The van der Waals surface area contributed by atoms with Crippen LogP contribution >= 0.6 is 0 Å². The van der Waals surface area contributed by atoms with Crippen LogP contribution in [0.4, 0.5) is 5.82 Å². The van der Waals surface area contributed by atoms with Crippen LogP contribution in [0.15, 0.2) is 30.5 Å². The first-order chi connectivity index (χ1) is 10.1. The van der Waals surface area contributed by atoms with Crippen molar-refractivity contribution >= 4 is 5.82 Å². The molecule has 2 heterocycles. The van der Waals surface area contributed by atoms with E-state index in [2.05, 4.69) is 17.0 Å². The van der Waals surface area contributed by atoms with Crippen molar-refractivity contribution in [2.75, 3.05) is 25.9 Å². The van der Waals surface area contributed by atoms with Crippen LogP contribution < -0.4 is 10.5 Å². The van der Waals surface area contributed by atoms with E-state index in [1.807, 2.05) is 31.3 Å². The molecule has 0 saturated carbocycles. The van der Waals surface area contributed by atoms with Crippen LogP contribution in [0.5, 0.6) is 5.75 Å². The summed E-state index contributed by atoms with van der Waals surface area (Å²) < 4.78 is 7.74. The Labute approximate surface area is 125 Å². The first kappa shape index (κ1) is 13.9. The number of likely N-dealkylation sites (N-methyl/N-ethyl adjacent to an activating group) is 1. The van der Waals surface area contributed by atoms with Crippen molar-refractivity contribution in [2.24, 2.45) is 7.05 Å². The molecule has 1 aliphatic heterocycles. The largest absolute Gasteiger partial charge is 0.489 e. The second kappa shape index (κ2) is 5.77. The molecule has 0 bridgehead atoms. The van der Waals surface area contributed by atoms with Gasteiger partial charge in [-0.2, -0.15) is 5.10 Å². The van der Waals surface area contributed by atoms with Gasteiger partial charge in [0.05, 0.1) is 6.20 Å². The Hall–Kier alpha value is -2.01. The summed E-state index contributed by atoms with van der Waals surface area (Å²) in [6.45, 7) is 2.16. The van der Waals surface area contributed by atoms with Crippen LogP contribution in [0.25, 0.3) is 11.1 Å². The summed E-state index contributed by atoms with van der Waals surface area (Å²) >= 11 is 0. The number of aryl methyl sites for hydroxylation is 1. The van der Waals surface area contributed by atoms with E-state index in [4.69, 9.17) is 10.5 Å². The van der Waals surface area contributed by atoms with Gasteiger partial charge in [-0.05, 0) is 44.1 Å². The van der Waals surface area contributed by atoms with E-state index in [-0.39, 0.29) is 6.10 Å². The highest BCUT2D eigenvalue weighted by Gasteiger charge is 2.18. The third-order valence-corrected chi connectivity index (χ3v) is 4.03. The Bertz CT molecular complexity index is 605. The smallest absolute Gasteiger partial charge is 0.129 e. The highest BCUT2D eigenvalue weighted by molar-refractivity contribution is 5.73. The summed E-state index contributed by atoms with van der Waals surface area (Å²) in [6.07, 6.45) is 4.41. The van der Waals surface area contributed by atoms with Crippen molar-refractivity contribution in [3.63, 3.8) is 0 Å². The summed E-state index contributed by atoms with van der Waals surface area (Å²) in [6, 6.07) is 8.09. The number of anilines is 1. The minimum absolute atomic E-state index is 0.290. The molecule has 1 aromatic carbocycles. The van der Waals surface area contributed by atoms with E-state index in [9.17, 15) is 0 Å². The molecule has 2 aromatic rings. The van der Waals surface area contributed by atoms with E-state index in [1.54, 1.807) is 10.9 Å². The lowest BCUT2D eigenvalue weighted by atomic mass is 10.1. The molecule has 21 heavy (non-hydrogen) atoms. The van der Waals surface area contributed by atoms with Gasteiger partial charge in [-0.3, -0.25) is 4.68 Å². The fraction of sp³-hybridized carbons (Fsp3) is 0.438. The SMILES string of the molecule is CN1CCCC(Oc2ccc(-c3cnn(C)c3N)cc2)C1. The fourth-order valence-corrected chi connectivity index (χ4v) is 2.79. The molecule has 5 heteroatoms. The van der Waals surface area contributed by atoms with Crippen molar-refractivity contribution < 1.29 is 4.74 Å². The summed E-state index contributed by atoms with van der Waals surface area (Å²) in [5, 5.41) is 4.17. The van der Waals surface area contributed by atoms with Crippen molar-refractivity contribution in [2.45, 2.75) is 18.9 Å². The third kappa shape index (κ3) is 3.03. The zero-order valence-electron chi connectivity index (χ0n) is 12.6. The number of hydrogen-bond acceptors (Lipinski definition) is 4. The third-order valence-electron chi connectivity index (χ3n) is 4.03. The normalized spacial score (nSPS) is 19.6. The molecule has 1 fully saturated rings. The second-order valence-electron chi connectivity index (χ2n) is 5.74. The van der Waals surface area contributed by atoms with E-state index >= 15 is 0 Å². The quantitative estimate of drug-likeness (QED) is 0.939. The number of nitrogens with zero attached hydrogens (tertiary/aromatic N) is 3. The number of nitrogen functional groups attached to an aromatic ring is 1. The Balaban J connectivity index is 1.71. The summed E-state index contributed by atoms with van der Waals surface area (Å²) in [7, 11) is 3.99. The second-order valence-corrected chi connectivity index (χ2v) is 5.74. The number of hydrogen-bond donors (Lipinski definition) is 1. The highest BCUT2D eigenvalue weighted by Crippen LogP contribution is 2.27. The molecule has 1 atom stereocenters. The molecule has 0 radical (unpaired) electrons. The molecule has 112 valence electrons. The van der Waals surface area contributed by atoms with Gasteiger partial charge in [-0.25, -0.2) is 0 Å². The molecule has 2 N–H and O–H groups in total. The summed E-state index contributed by atoms with van der Waals surface area (Å²) in [5.74, 6) is 1.60. The number of ether oxygens (including phenoxy) is 1. The molecule has 0 amide bonds. The van der Waals surface area contributed by atoms with Gasteiger partial charge >= 0.3 is 0 Å². The standard InChI is InChI=1S/C16H22N4O/c1-19-9-3-4-14(11-19)21-13-7-5-12(6-8-13)15-10-18-20(2)16(15)17/h5-8,10,14H,3-4,9,11,17H2,1-2H3. The number of rotatable bonds is 3. The maximum Gasteiger partial charge on any atom is 0.129 e. The first-order valence-electron chi connectivity index (χ1n) is 7.36. The molecule has 1 aliphatic rings. The summed E-state index contributed by atoms with van der Waals surface area (Å²) in [4.78, 5) is 2.32. The molecule has 3 rings (SSSR count). The Morgan fingerprint density at radius 3 is 2.62 bits per heavy atom. The number of benzene rings is 1. The first-order valence-corrected chi connectivity index (χ1v) is 7.36. The molecule has 1 saturated heterocycles. The lowest BCUT2D eigenvalue weighted by Crippen LogP contribution is -2.38. The average Bonchev–Trinajstić information content (AvgIpc) is 2.80. The monoisotopic (exact) mass is 286 g/mol. The van der Waals surface area contributed by atoms with Gasteiger partial charge in [0.1, 0.15) is 17.7 Å². The Morgan fingerprint density at radius 1 is 1.24 bits per heavy atom. The van der Waals surface area contributed by atoms with Gasteiger partial charge in [-0.1, -0.05) is 12.1 Å². The number of likely N-dealkylation sites (tertiary alicyclic amines) is 1. The number of aromatic nitrogens is 2. The van der Waals surface area contributed by atoms with Gasteiger partial charge in [0.2, 0.25) is 0 Å². The molecule has 0 spiro atoms. The van der Waals surface area contributed by atoms with E-state index in [0.29, 0.717) is 5.82 Å². The van der Waals surface area contributed by atoms with Crippen molar-refractivity contribution in [1.82, 2.24) is 14.7 Å². The van der Waals surface area contributed by atoms with Gasteiger partial charge in [0.25, 0.3) is 0 Å². The minimum atomic E-state index is 0.290. The van der Waals surface area contributed by atoms with Gasteiger partial charge < -0.3 is 15.4 Å². The maximum atomic E-state index is 6.06. The van der Waals surface area contributed by atoms with Crippen molar-refractivity contribution in [3.05, 3.63) is 30.5 Å². The van der Waals surface area contributed by atoms with E-state index in [0.717, 1.165) is 29.8 Å². The van der Waals surface area contributed by atoms with Gasteiger partial charge in [0.15, 0.2) is 0 Å². The number of piperidine rings is 1. The lowest BCUT2D eigenvalue weighted by molar-refractivity contribution is 0.104. The molecular weight excluding hydrogens is 264 g/mol.